The number of carbonyl (C=O) groups excluding carboxylic acids is 4. The summed E-state index contributed by atoms with van der Waals surface area (Å²) in [6, 6.07) is 22.0. The van der Waals surface area contributed by atoms with Crippen molar-refractivity contribution in [3.8, 4) is 5.75 Å². The van der Waals surface area contributed by atoms with Crippen molar-refractivity contribution < 1.29 is 23.9 Å². The number of tetrazole rings is 1. The van der Waals surface area contributed by atoms with E-state index in [0.29, 0.717) is 49.7 Å². The maximum absolute atomic E-state index is 13.9. The van der Waals surface area contributed by atoms with Crippen LogP contribution >= 0.6 is 0 Å². The Morgan fingerprint density at radius 3 is 2.47 bits per heavy atom. The molecule has 0 saturated carbocycles. The number of hydrogen-bond donors (Lipinski definition) is 3. The molecule has 4 amide bonds. The van der Waals surface area contributed by atoms with Gasteiger partial charge in [0.25, 0.3) is 5.91 Å². The Kier molecular flexibility index (Phi) is 12.9. The van der Waals surface area contributed by atoms with Gasteiger partial charge in [0.15, 0.2) is 0 Å². The highest BCUT2D eigenvalue weighted by atomic mass is 16.5. The molecule has 0 fully saturated rings. The van der Waals surface area contributed by atoms with Gasteiger partial charge in [0.2, 0.25) is 17.7 Å². The van der Waals surface area contributed by atoms with Crippen molar-refractivity contribution in [1.82, 2.24) is 56.1 Å². The van der Waals surface area contributed by atoms with Crippen LogP contribution in [0.2, 0.25) is 0 Å². The van der Waals surface area contributed by atoms with E-state index in [9.17, 15) is 19.2 Å². The van der Waals surface area contributed by atoms with Crippen LogP contribution in [-0.4, -0.2) is 102 Å². The third-order valence-corrected chi connectivity index (χ3v) is 9.16. The summed E-state index contributed by atoms with van der Waals surface area (Å²) in [5.41, 5.74) is 3.66. The monoisotopic (exact) mass is 747 g/mol. The molecule has 55 heavy (non-hydrogen) atoms. The SMILES string of the molecule is CC(C)[C@H]1NC(=O)Cc2cccc(c2)OCCn2cc(nn2)CCN(C(=O)c2ccc(Cn3cnnn3)cc2)CCNC(=O)[C@H](Cc2ccccc2)NC1=O. The molecule has 0 spiro atoms. The first-order valence-electron chi connectivity index (χ1n) is 18.3. The van der Waals surface area contributed by atoms with Crippen LogP contribution in [0, 0.1) is 5.92 Å². The van der Waals surface area contributed by atoms with E-state index in [0.717, 1.165) is 16.7 Å². The van der Waals surface area contributed by atoms with E-state index in [4.69, 9.17) is 4.74 Å². The Morgan fingerprint density at radius 1 is 0.891 bits per heavy atom. The number of fused-ring (bicyclic) bond motifs is 4. The van der Waals surface area contributed by atoms with E-state index >= 15 is 0 Å². The summed E-state index contributed by atoms with van der Waals surface area (Å²) in [5, 5.41) is 28.5. The van der Waals surface area contributed by atoms with Gasteiger partial charge in [-0.25, -0.2) is 9.36 Å². The van der Waals surface area contributed by atoms with Crippen LogP contribution in [0.1, 0.15) is 46.6 Å². The van der Waals surface area contributed by atoms with Crippen molar-refractivity contribution in [3.05, 3.63) is 119 Å². The molecular formula is C39H45N11O5. The lowest BCUT2D eigenvalue weighted by molar-refractivity contribution is -0.132. The van der Waals surface area contributed by atoms with E-state index in [1.165, 1.54) is 6.33 Å². The molecule has 0 unspecified atom stereocenters. The lowest BCUT2D eigenvalue weighted by Crippen LogP contribution is -2.56. The summed E-state index contributed by atoms with van der Waals surface area (Å²) in [5.74, 6) is -1.11. The van der Waals surface area contributed by atoms with Crippen molar-refractivity contribution in [3.63, 3.8) is 0 Å². The van der Waals surface area contributed by atoms with Crippen LogP contribution in [0.5, 0.6) is 5.75 Å². The lowest BCUT2D eigenvalue weighted by Gasteiger charge is -2.26. The number of aromatic nitrogens is 7. The molecule has 0 radical (unpaired) electrons. The number of nitrogens with zero attached hydrogens (tertiary/aromatic N) is 8. The molecule has 0 saturated heterocycles. The number of rotatable bonds is 6. The summed E-state index contributed by atoms with van der Waals surface area (Å²) in [7, 11) is 0. The van der Waals surface area contributed by atoms with Crippen LogP contribution in [-0.2, 0) is 46.7 Å². The van der Waals surface area contributed by atoms with Gasteiger partial charge in [-0.2, -0.15) is 0 Å². The Bertz CT molecular complexity index is 2030. The smallest absolute Gasteiger partial charge is 0.253 e. The summed E-state index contributed by atoms with van der Waals surface area (Å²) in [6.07, 6.45) is 4.02. The number of ether oxygens (including phenoxy) is 1. The molecule has 16 nitrogen and oxygen atoms in total. The highest BCUT2D eigenvalue weighted by molar-refractivity contribution is 5.94. The molecule has 1 aliphatic rings. The van der Waals surface area contributed by atoms with Gasteiger partial charge in [0.05, 0.1) is 25.2 Å². The number of nitrogens with one attached hydrogen (secondary N) is 3. The van der Waals surface area contributed by atoms with Crippen LogP contribution in [0.25, 0.3) is 0 Å². The molecule has 2 atom stereocenters. The molecule has 6 rings (SSSR count). The fourth-order valence-corrected chi connectivity index (χ4v) is 6.21. The first-order chi connectivity index (χ1) is 26.7. The second-order valence-corrected chi connectivity index (χ2v) is 13.7. The molecular weight excluding hydrogens is 703 g/mol. The molecule has 3 heterocycles. The quantitative estimate of drug-likeness (QED) is 0.230. The van der Waals surface area contributed by atoms with Crippen LogP contribution in [0.15, 0.2) is 91.4 Å². The third kappa shape index (κ3) is 11.0. The zero-order chi connectivity index (χ0) is 38.6. The summed E-state index contributed by atoms with van der Waals surface area (Å²) >= 11 is 0. The molecule has 16 heteroatoms. The second-order valence-electron chi connectivity index (χ2n) is 13.7. The molecule has 3 N–H and O–H groups in total. The van der Waals surface area contributed by atoms with Crippen molar-refractivity contribution in [2.24, 2.45) is 5.92 Å². The molecule has 2 aromatic heterocycles. The Balaban J connectivity index is 1.23. The topological polar surface area (TPSA) is 191 Å². The normalized spacial score (nSPS) is 17.8. The van der Waals surface area contributed by atoms with Crippen molar-refractivity contribution >= 4 is 23.6 Å². The van der Waals surface area contributed by atoms with Crippen LogP contribution in [0.3, 0.4) is 0 Å². The van der Waals surface area contributed by atoms with Gasteiger partial charge in [0.1, 0.15) is 30.8 Å². The number of amides is 4. The largest absolute Gasteiger partial charge is 0.492 e. The molecule has 5 aromatic rings. The van der Waals surface area contributed by atoms with Crippen molar-refractivity contribution in [1.29, 1.82) is 0 Å². The minimum atomic E-state index is -0.949. The van der Waals surface area contributed by atoms with Crippen LogP contribution < -0.4 is 20.7 Å². The van der Waals surface area contributed by atoms with Gasteiger partial charge in [-0.1, -0.05) is 73.7 Å². The Labute approximate surface area is 318 Å². The molecule has 1 aliphatic heterocycles. The average Bonchev–Trinajstić information content (AvgIpc) is 3.87. The molecule has 286 valence electrons. The fraction of sp³-hybridized carbons (Fsp3) is 0.359. The van der Waals surface area contributed by atoms with Crippen LogP contribution in [0.4, 0.5) is 0 Å². The predicted molar refractivity (Wildman–Crippen MR) is 200 cm³/mol. The minimum absolute atomic E-state index is 0.0359. The summed E-state index contributed by atoms with van der Waals surface area (Å²) in [4.78, 5) is 56.4. The van der Waals surface area contributed by atoms with E-state index in [-0.39, 0.29) is 43.7 Å². The fourth-order valence-electron chi connectivity index (χ4n) is 6.21. The third-order valence-electron chi connectivity index (χ3n) is 9.16. The predicted octanol–water partition coefficient (Wildman–Crippen LogP) is 1.62. The number of hydrogen-bond acceptors (Lipinski definition) is 10. The summed E-state index contributed by atoms with van der Waals surface area (Å²) in [6.45, 7) is 5.49. The second kappa shape index (κ2) is 18.5. The number of carbonyl (C=O) groups is 4. The molecule has 0 aliphatic carbocycles. The van der Waals surface area contributed by atoms with E-state index in [1.807, 2.05) is 80.7 Å². The maximum atomic E-state index is 13.9. The van der Waals surface area contributed by atoms with E-state index < -0.39 is 23.9 Å². The standard InChI is InChI=1S/C39H45N11O5/c1-27(2)36-38(53)42-34(22-28-7-4-3-5-8-28)37(52)40-16-18-48(39(54)31-13-11-29(12-14-31)24-50-26-41-45-47-50)17-15-32-25-49(46-44-32)19-20-55-33-10-6-9-30(21-33)23-35(51)43-36/h3-14,21,25-27,34,36H,15-20,22-24H2,1-2H3,(H,40,52)(H,42,53)(H,43,51)/t34-,36+/m0/s1. The molecule has 4 bridgehead atoms. The van der Waals surface area contributed by atoms with Gasteiger partial charge in [-0.15, -0.1) is 10.2 Å². The Hall–Kier alpha value is -6.45. The minimum Gasteiger partial charge on any atom is -0.492 e. The van der Waals surface area contributed by atoms with Gasteiger partial charge in [0, 0.05) is 44.2 Å². The summed E-state index contributed by atoms with van der Waals surface area (Å²) < 4.78 is 9.24. The first-order valence-corrected chi connectivity index (χ1v) is 18.3. The Morgan fingerprint density at radius 2 is 1.71 bits per heavy atom. The van der Waals surface area contributed by atoms with E-state index in [1.54, 1.807) is 32.5 Å². The zero-order valence-corrected chi connectivity index (χ0v) is 30.9. The van der Waals surface area contributed by atoms with Gasteiger partial charge in [-0.3, -0.25) is 19.2 Å². The highest BCUT2D eigenvalue weighted by Crippen LogP contribution is 2.15. The molecule has 3 aromatic carbocycles. The average molecular weight is 748 g/mol. The highest BCUT2D eigenvalue weighted by Gasteiger charge is 2.29. The first kappa shape index (κ1) is 38.3. The van der Waals surface area contributed by atoms with Gasteiger partial charge >= 0.3 is 0 Å². The van der Waals surface area contributed by atoms with Crippen molar-refractivity contribution in [2.45, 2.75) is 58.3 Å². The van der Waals surface area contributed by atoms with E-state index in [2.05, 4.69) is 41.8 Å². The van der Waals surface area contributed by atoms with Gasteiger partial charge in [-0.05, 0) is 57.3 Å². The number of benzene rings is 3. The zero-order valence-electron chi connectivity index (χ0n) is 30.9. The lowest BCUT2D eigenvalue weighted by atomic mass is 10.0. The maximum Gasteiger partial charge on any atom is 0.253 e. The van der Waals surface area contributed by atoms with Gasteiger partial charge < -0.3 is 25.6 Å². The van der Waals surface area contributed by atoms with Crippen molar-refractivity contribution in [2.75, 3.05) is 26.2 Å².